The van der Waals surface area contributed by atoms with Gasteiger partial charge in [-0.15, -0.1) is 0 Å². The van der Waals surface area contributed by atoms with Gasteiger partial charge in [0, 0.05) is 23.9 Å². The molecular weight excluding hydrogens is 225 g/mol. The quantitative estimate of drug-likeness (QED) is 0.748. The first-order valence-electron chi connectivity index (χ1n) is 5.12. The van der Waals surface area contributed by atoms with Crippen molar-refractivity contribution in [3.63, 3.8) is 0 Å². The fourth-order valence-electron chi connectivity index (χ4n) is 1.17. The highest BCUT2D eigenvalue weighted by molar-refractivity contribution is 5.86. The zero-order valence-corrected chi connectivity index (χ0v) is 9.50. The zero-order valence-electron chi connectivity index (χ0n) is 9.50. The van der Waals surface area contributed by atoms with Crippen LogP contribution in [-0.2, 0) is 4.79 Å². The van der Waals surface area contributed by atoms with Crippen LogP contribution in [0.2, 0.25) is 0 Å². The number of carbonyl (C=O) groups is 1. The van der Waals surface area contributed by atoms with Crippen molar-refractivity contribution in [1.29, 1.82) is 0 Å². The van der Waals surface area contributed by atoms with E-state index in [2.05, 4.69) is 11.9 Å². The van der Waals surface area contributed by atoms with Gasteiger partial charge in [0.25, 0.3) is 0 Å². The summed E-state index contributed by atoms with van der Waals surface area (Å²) in [6.45, 7) is 5.57. The first-order chi connectivity index (χ1) is 8.04. The molecule has 0 spiro atoms. The van der Waals surface area contributed by atoms with Gasteiger partial charge < -0.3 is 15.2 Å². The molecule has 92 valence electrons. The number of halogens is 1. The SMILES string of the molecule is C=C(CNc1ccc(OCC)c(F)c1)C(=O)O. The van der Waals surface area contributed by atoms with Crippen molar-refractivity contribution in [1.82, 2.24) is 0 Å². The predicted octanol–water partition coefficient (Wildman–Crippen LogP) is 2.28. The molecule has 0 atom stereocenters. The monoisotopic (exact) mass is 239 g/mol. The summed E-state index contributed by atoms with van der Waals surface area (Å²) in [6.07, 6.45) is 0. The number of nitrogens with one attached hydrogen (secondary N) is 1. The number of carboxylic acids is 1. The molecule has 0 heterocycles. The summed E-state index contributed by atoms with van der Waals surface area (Å²) in [5, 5.41) is 11.4. The lowest BCUT2D eigenvalue weighted by Gasteiger charge is -2.09. The van der Waals surface area contributed by atoms with Crippen LogP contribution in [0.5, 0.6) is 5.75 Å². The van der Waals surface area contributed by atoms with E-state index in [1.54, 1.807) is 13.0 Å². The first-order valence-corrected chi connectivity index (χ1v) is 5.12. The molecule has 0 unspecified atom stereocenters. The normalized spacial score (nSPS) is 9.76. The van der Waals surface area contributed by atoms with Crippen molar-refractivity contribution in [2.75, 3.05) is 18.5 Å². The van der Waals surface area contributed by atoms with Gasteiger partial charge in [-0.1, -0.05) is 6.58 Å². The number of carboxylic acid groups (broad SMARTS) is 1. The number of hydrogen-bond donors (Lipinski definition) is 2. The molecule has 1 aromatic rings. The molecular formula is C12H14FNO3. The molecule has 5 heteroatoms. The van der Waals surface area contributed by atoms with Gasteiger partial charge >= 0.3 is 5.97 Å². The molecule has 0 amide bonds. The van der Waals surface area contributed by atoms with Gasteiger partial charge in [-0.2, -0.15) is 0 Å². The highest BCUT2D eigenvalue weighted by atomic mass is 19.1. The van der Waals surface area contributed by atoms with Gasteiger partial charge in [-0.3, -0.25) is 0 Å². The van der Waals surface area contributed by atoms with E-state index in [9.17, 15) is 9.18 Å². The molecule has 0 radical (unpaired) electrons. The lowest BCUT2D eigenvalue weighted by molar-refractivity contribution is -0.132. The Labute approximate surface area is 98.7 Å². The van der Waals surface area contributed by atoms with Crippen LogP contribution in [0, 0.1) is 5.82 Å². The highest BCUT2D eigenvalue weighted by Gasteiger charge is 2.06. The molecule has 0 aliphatic rings. The number of ether oxygens (including phenoxy) is 1. The maximum Gasteiger partial charge on any atom is 0.332 e. The second-order valence-electron chi connectivity index (χ2n) is 3.34. The third kappa shape index (κ3) is 3.79. The Balaban J connectivity index is 2.64. The van der Waals surface area contributed by atoms with E-state index in [1.165, 1.54) is 12.1 Å². The molecule has 0 aromatic heterocycles. The molecule has 0 aliphatic carbocycles. The molecule has 0 bridgehead atoms. The van der Waals surface area contributed by atoms with Crippen molar-refractivity contribution in [3.05, 3.63) is 36.2 Å². The standard InChI is InChI=1S/C12H14FNO3/c1-3-17-11-5-4-9(6-10(11)13)14-7-8(2)12(15)16/h4-6,14H,2-3,7H2,1H3,(H,15,16). The summed E-state index contributed by atoms with van der Waals surface area (Å²) in [5.74, 6) is -1.39. The summed E-state index contributed by atoms with van der Waals surface area (Å²) in [4.78, 5) is 10.5. The van der Waals surface area contributed by atoms with Gasteiger partial charge in [-0.05, 0) is 19.1 Å². The van der Waals surface area contributed by atoms with Gasteiger partial charge in [0.05, 0.1) is 6.61 Å². The average Bonchev–Trinajstić information content (AvgIpc) is 2.29. The van der Waals surface area contributed by atoms with E-state index in [1.807, 2.05) is 0 Å². The Morgan fingerprint density at radius 2 is 2.29 bits per heavy atom. The van der Waals surface area contributed by atoms with Crippen LogP contribution >= 0.6 is 0 Å². The van der Waals surface area contributed by atoms with Crippen molar-refractivity contribution in [3.8, 4) is 5.75 Å². The van der Waals surface area contributed by atoms with Gasteiger partial charge in [-0.25, -0.2) is 9.18 Å². The predicted molar refractivity (Wildman–Crippen MR) is 62.8 cm³/mol. The maximum absolute atomic E-state index is 13.4. The molecule has 0 fully saturated rings. The number of hydrogen-bond acceptors (Lipinski definition) is 3. The van der Waals surface area contributed by atoms with Crippen LogP contribution in [0.1, 0.15) is 6.92 Å². The molecule has 2 N–H and O–H groups in total. The summed E-state index contributed by atoms with van der Waals surface area (Å²) in [7, 11) is 0. The Bertz CT molecular complexity index is 432. The van der Waals surface area contributed by atoms with Crippen molar-refractivity contribution in [2.45, 2.75) is 6.92 Å². The fraction of sp³-hybridized carbons (Fsp3) is 0.250. The molecule has 17 heavy (non-hydrogen) atoms. The van der Waals surface area contributed by atoms with E-state index in [-0.39, 0.29) is 17.9 Å². The second kappa shape index (κ2) is 5.89. The van der Waals surface area contributed by atoms with Crippen LogP contribution in [0.25, 0.3) is 0 Å². The maximum atomic E-state index is 13.4. The first kappa shape index (κ1) is 13.0. The lowest BCUT2D eigenvalue weighted by Crippen LogP contribution is -2.11. The van der Waals surface area contributed by atoms with Crippen LogP contribution in [-0.4, -0.2) is 24.2 Å². The summed E-state index contributed by atoms with van der Waals surface area (Å²) in [6, 6.07) is 4.36. The molecule has 0 aliphatic heterocycles. The van der Waals surface area contributed by atoms with Crippen LogP contribution in [0.4, 0.5) is 10.1 Å². The fourth-order valence-corrected chi connectivity index (χ4v) is 1.17. The molecule has 4 nitrogen and oxygen atoms in total. The van der Waals surface area contributed by atoms with Crippen LogP contribution in [0.3, 0.4) is 0 Å². The Kier molecular flexibility index (Phi) is 4.51. The van der Waals surface area contributed by atoms with Crippen LogP contribution in [0.15, 0.2) is 30.4 Å². The van der Waals surface area contributed by atoms with Crippen LogP contribution < -0.4 is 10.1 Å². The van der Waals surface area contributed by atoms with Crippen molar-refractivity contribution in [2.24, 2.45) is 0 Å². The minimum atomic E-state index is -1.08. The number of anilines is 1. The van der Waals surface area contributed by atoms with E-state index in [0.717, 1.165) is 0 Å². The number of aliphatic carboxylic acids is 1. The Morgan fingerprint density at radius 3 is 2.82 bits per heavy atom. The van der Waals surface area contributed by atoms with E-state index >= 15 is 0 Å². The van der Waals surface area contributed by atoms with E-state index in [0.29, 0.717) is 12.3 Å². The third-order valence-electron chi connectivity index (χ3n) is 2.04. The van der Waals surface area contributed by atoms with Gasteiger partial charge in [0.2, 0.25) is 0 Å². The van der Waals surface area contributed by atoms with Gasteiger partial charge in [0.1, 0.15) is 0 Å². The topological polar surface area (TPSA) is 58.6 Å². The molecule has 1 aromatic carbocycles. The molecule has 1 rings (SSSR count). The Morgan fingerprint density at radius 1 is 1.59 bits per heavy atom. The third-order valence-corrected chi connectivity index (χ3v) is 2.04. The van der Waals surface area contributed by atoms with Gasteiger partial charge in [0.15, 0.2) is 11.6 Å². The highest BCUT2D eigenvalue weighted by Crippen LogP contribution is 2.21. The number of benzene rings is 1. The Hall–Kier alpha value is -2.04. The minimum absolute atomic E-state index is 0.0132. The lowest BCUT2D eigenvalue weighted by atomic mass is 10.2. The zero-order chi connectivity index (χ0) is 12.8. The summed E-state index contributed by atoms with van der Waals surface area (Å²) < 4.78 is 18.5. The average molecular weight is 239 g/mol. The van der Waals surface area contributed by atoms with Crippen molar-refractivity contribution < 1.29 is 19.0 Å². The minimum Gasteiger partial charge on any atom is -0.491 e. The molecule has 0 saturated heterocycles. The van der Waals surface area contributed by atoms with Crippen molar-refractivity contribution >= 4 is 11.7 Å². The summed E-state index contributed by atoms with van der Waals surface area (Å²) >= 11 is 0. The second-order valence-corrected chi connectivity index (χ2v) is 3.34. The number of rotatable bonds is 6. The molecule has 0 saturated carbocycles. The smallest absolute Gasteiger partial charge is 0.332 e. The van der Waals surface area contributed by atoms with E-state index < -0.39 is 11.8 Å². The summed E-state index contributed by atoms with van der Waals surface area (Å²) in [5.41, 5.74) is 0.493. The van der Waals surface area contributed by atoms with E-state index in [4.69, 9.17) is 9.84 Å². The largest absolute Gasteiger partial charge is 0.491 e.